The molecule has 0 saturated carbocycles. The lowest BCUT2D eigenvalue weighted by Crippen LogP contribution is -2.47. The van der Waals surface area contributed by atoms with Crippen LogP contribution in [0.25, 0.3) is 11.3 Å². The number of benzene rings is 1. The van der Waals surface area contributed by atoms with Crippen molar-refractivity contribution in [2.24, 2.45) is 0 Å². The molecule has 40 heavy (non-hydrogen) atoms. The number of carbonyl (C=O) groups is 2. The smallest absolute Gasteiger partial charge is 0.255 e. The molecule has 0 radical (unpaired) electrons. The second-order valence-corrected chi connectivity index (χ2v) is 10.5. The lowest BCUT2D eigenvalue weighted by molar-refractivity contribution is -0.126. The second-order valence-electron chi connectivity index (χ2n) is 9.67. The van der Waals surface area contributed by atoms with Gasteiger partial charge in [-0.2, -0.15) is 0 Å². The van der Waals surface area contributed by atoms with E-state index in [0.29, 0.717) is 41.0 Å². The van der Waals surface area contributed by atoms with Crippen molar-refractivity contribution in [3.05, 3.63) is 69.3 Å². The van der Waals surface area contributed by atoms with E-state index in [-0.39, 0.29) is 29.2 Å². The van der Waals surface area contributed by atoms with Gasteiger partial charge >= 0.3 is 0 Å². The van der Waals surface area contributed by atoms with Gasteiger partial charge in [-0.25, -0.2) is 14.4 Å². The van der Waals surface area contributed by atoms with Crippen LogP contribution in [0.15, 0.2) is 36.7 Å². The van der Waals surface area contributed by atoms with Gasteiger partial charge in [0, 0.05) is 43.1 Å². The maximum absolute atomic E-state index is 14.3. The fraction of sp³-hybridized carbons (Fsp3) is 0.370. The molecular formula is C27H27Cl2FN6O4. The summed E-state index contributed by atoms with van der Waals surface area (Å²) in [5.41, 5.74) is 2.13. The van der Waals surface area contributed by atoms with Crippen molar-refractivity contribution in [2.45, 2.75) is 44.4 Å². The number of hydrogen-bond acceptors (Lipinski definition) is 8. The van der Waals surface area contributed by atoms with Crippen LogP contribution < -0.4 is 10.6 Å². The summed E-state index contributed by atoms with van der Waals surface area (Å²) in [6, 6.07) is 4.56. The average Bonchev–Trinajstić information content (AvgIpc) is 3.28. The maximum atomic E-state index is 14.3. The summed E-state index contributed by atoms with van der Waals surface area (Å²) in [6.45, 7) is 2.53. The van der Waals surface area contributed by atoms with Gasteiger partial charge in [-0.1, -0.05) is 35.3 Å². The lowest BCUT2D eigenvalue weighted by atomic mass is 10.0. The van der Waals surface area contributed by atoms with Crippen molar-refractivity contribution in [1.82, 2.24) is 25.2 Å². The molecular weight excluding hydrogens is 562 g/mol. The number of aromatic nitrogens is 3. The van der Waals surface area contributed by atoms with E-state index < -0.39 is 30.4 Å². The summed E-state index contributed by atoms with van der Waals surface area (Å²) >= 11 is 12.2. The first kappa shape index (κ1) is 28.2. The molecule has 2 atom stereocenters. The molecule has 2 aliphatic rings. The number of fused-ring (bicyclic) bond motifs is 1. The molecule has 3 aromatic rings. The molecule has 2 aromatic heterocycles. The molecule has 2 unspecified atom stereocenters. The van der Waals surface area contributed by atoms with E-state index in [1.807, 2.05) is 6.07 Å². The third-order valence-electron chi connectivity index (χ3n) is 7.03. The topological polar surface area (TPSA) is 130 Å². The van der Waals surface area contributed by atoms with Crippen molar-refractivity contribution < 1.29 is 23.8 Å². The van der Waals surface area contributed by atoms with Crippen LogP contribution in [0, 0.1) is 5.82 Å². The van der Waals surface area contributed by atoms with Crippen LogP contribution in [0.2, 0.25) is 10.0 Å². The number of aliphatic hydroxyl groups excluding tert-OH is 1. The highest BCUT2D eigenvalue weighted by molar-refractivity contribution is 6.33. The van der Waals surface area contributed by atoms with Crippen molar-refractivity contribution in [1.29, 1.82) is 0 Å². The van der Waals surface area contributed by atoms with Gasteiger partial charge in [-0.3, -0.25) is 14.6 Å². The quantitative estimate of drug-likeness (QED) is 0.362. The number of aliphatic hydroxyl groups is 1. The highest BCUT2D eigenvalue weighted by Gasteiger charge is 2.35. The number of ether oxygens (including phenoxy) is 1. The minimum Gasteiger partial charge on any atom is -0.394 e. The zero-order valence-corrected chi connectivity index (χ0v) is 23.0. The first-order valence-corrected chi connectivity index (χ1v) is 13.5. The third-order valence-corrected chi connectivity index (χ3v) is 7.51. The van der Waals surface area contributed by atoms with Gasteiger partial charge in [-0.05, 0) is 37.5 Å². The van der Waals surface area contributed by atoms with E-state index in [1.54, 1.807) is 19.1 Å². The van der Waals surface area contributed by atoms with E-state index in [9.17, 15) is 19.1 Å². The predicted molar refractivity (Wildman–Crippen MR) is 146 cm³/mol. The highest BCUT2D eigenvalue weighted by atomic mass is 35.5. The highest BCUT2D eigenvalue weighted by Crippen LogP contribution is 2.32. The number of carbonyl (C=O) groups excluding carboxylic acids is 2. The van der Waals surface area contributed by atoms with E-state index >= 15 is 0 Å². The minimum absolute atomic E-state index is 0.0903. The summed E-state index contributed by atoms with van der Waals surface area (Å²) in [6.07, 6.45) is 4.44. The van der Waals surface area contributed by atoms with Crippen molar-refractivity contribution in [2.75, 3.05) is 25.1 Å². The normalized spacial score (nSPS) is 16.9. The molecule has 0 bridgehead atoms. The number of halogens is 3. The summed E-state index contributed by atoms with van der Waals surface area (Å²) in [4.78, 5) is 40.6. The summed E-state index contributed by atoms with van der Waals surface area (Å²) in [5.74, 6) is -1.23. The van der Waals surface area contributed by atoms with E-state index in [4.69, 9.17) is 27.9 Å². The Kier molecular flexibility index (Phi) is 8.46. The van der Waals surface area contributed by atoms with Gasteiger partial charge in [0.15, 0.2) is 0 Å². The molecule has 1 aromatic carbocycles. The molecule has 10 nitrogen and oxygen atoms in total. The van der Waals surface area contributed by atoms with Crippen LogP contribution in [-0.2, 0) is 16.1 Å². The standard InChI is InChI=1S/C27H27Cl2FN6O4/c1-14(25(38)34-22(13-37)24-21(30)9-17(28)10-31-24)36-12-16-3-2-15(8-19(16)26(36)39)23-20(29)11-32-27(35-23)33-18-4-6-40-7-5-18/h2-3,8-11,14,18,22,37H,4-7,12-13H2,1H3,(H,34,38)(H,32,33,35). The zero-order valence-electron chi connectivity index (χ0n) is 21.5. The van der Waals surface area contributed by atoms with Crippen LogP contribution in [-0.4, -0.2) is 68.7 Å². The molecule has 0 aliphatic carbocycles. The van der Waals surface area contributed by atoms with Crippen LogP contribution in [0.3, 0.4) is 0 Å². The van der Waals surface area contributed by atoms with Gasteiger partial charge in [0.25, 0.3) is 5.91 Å². The van der Waals surface area contributed by atoms with Crippen molar-refractivity contribution in [3.8, 4) is 11.3 Å². The molecule has 3 N–H and O–H groups in total. The molecule has 13 heteroatoms. The number of rotatable bonds is 8. The average molecular weight is 589 g/mol. The monoisotopic (exact) mass is 588 g/mol. The van der Waals surface area contributed by atoms with Crippen LogP contribution in [0.5, 0.6) is 0 Å². The minimum atomic E-state index is -1.11. The van der Waals surface area contributed by atoms with Crippen LogP contribution in [0.4, 0.5) is 10.3 Å². The van der Waals surface area contributed by atoms with E-state index in [1.165, 1.54) is 17.3 Å². The van der Waals surface area contributed by atoms with Crippen LogP contribution in [0.1, 0.15) is 47.4 Å². The number of nitrogens with one attached hydrogen (secondary N) is 2. The van der Waals surface area contributed by atoms with Crippen molar-refractivity contribution in [3.63, 3.8) is 0 Å². The fourth-order valence-corrected chi connectivity index (χ4v) is 5.11. The Balaban J connectivity index is 1.31. The Bertz CT molecular complexity index is 1440. The Morgan fingerprint density at radius 3 is 2.73 bits per heavy atom. The Morgan fingerprint density at radius 1 is 1.23 bits per heavy atom. The molecule has 1 saturated heterocycles. The van der Waals surface area contributed by atoms with Gasteiger partial charge in [0.2, 0.25) is 11.9 Å². The Hall–Kier alpha value is -3.38. The maximum Gasteiger partial charge on any atom is 0.255 e. The number of anilines is 1. The lowest BCUT2D eigenvalue weighted by Gasteiger charge is -2.25. The molecule has 2 amide bonds. The largest absolute Gasteiger partial charge is 0.394 e. The first-order chi connectivity index (χ1) is 19.2. The summed E-state index contributed by atoms with van der Waals surface area (Å²) in [7, 11) is 0. The Labute approximate surface area is 239 Å². The molecule has 210 valence electrons. The molecule has 4 heterocycles. The Morgan fingerprint density at radius 2 is 2.00 bits per heavy atom. The SMILES string of the molecule is CC(C(=O)NC(CO)c1ncc(Cl)cc1F)N1Cc2ccc(-c3nc(NC4CCOCC4)ncc3Cl)cc2C1=O. The number of amides is 2. The van der Waals surface area contributed by atoms with Gasteiger partial charge in [-0.15, -0.1) is 0 Å². The number of hydrogen-bond donors (Lipinski definition) is 3. The summed E-state index contributed by atoms with van der Waals surface area (Å²) < 4.78 is 19.7. The zero-order chi connectivity index (χ0) is 28.4. The predicted octanol–water partition coefficient (Wildman–Crippen LogP) is 3.77. The molecule has 5 rings (SSSR count). The first-order valence-electron chi connectivity index (χ1n) is 12.8. The van der Waals surface area contributed by atoms with Gasteiger partial charge < -0.3 is 25.4 Å². The number of nitrogens with zero attached hydrogens (tertiary/aromatic N) is 4. The molecule has 2 aliphatic heterocycles. The van der Waals surface area contributed by atoms with E-state index in [2.05, 4.69) is 25.6 Å². The summed E-state index contributed by atoms with van der Waals surface area (Å²) in [5, 5.41) is 16.1. The van der Waals surface area contributed by atoms with Gasteiger partial charge in [0.1, 0.15) is 17.6 Å². The van der Waals surface area contributed by atoms with Crippen LogP contribution >= 0.6 is 23.2 Å². The molecule has 1 fully saturated rings. The van der Waals surface area contributed by atoms with E-state index in [0.717, 1.165) is 24.5 Å². The third kappa shape index (κ3) is 5.87. The number of pyridine rings is 1. The fourth-order valence-electron chi connectivity index (χ4n) is 4.76. The van der Waals surface area contributed by atoms with Crippen molar-refractivity contribution >= 4 is 41.0 Å². The molecule has 0 spiro atoms. The van der Waals surface area contributed by atoms with Gasteiger partial charge in [0.05, 0.1) is 34.6 Å². The second kappa shape index (κ2) is 12.0.